The summed E-state index contributed by atoms with van der Waals surface area (Å²) in [7, 11) is 0. The van der Waals surface area contributed by atoms with Gasteiger partial charge in [-0.05, 0) is 20.8 Å². The van der Waals surface area contributed by atoms with Crippen molar-refractivity contribution < 1.29 is 9.90 Å². The maximum absolute atomic E-state index is 11.9. The van der Waals surface area contributed by atoms with Gasteiger partial charge >= 0.3 is 0 Å². The van der Waals surface area contributed by atoms with Crippen molar-refractivity contribution in [2.24, 2.45) is 0 Å². The SMILES string of the molecule is CCN(CC(C)(C)O)C(=O)CCn1cncn1. The molecule has 17 heavy (non-hydrogen) atoms. The van der Waals surface area contributed by atoms with Crippen molar-refractivity contribution in [2.75, 3.05) is 13.1 Å². The average Bonchev–Trinajstić information content (AvgIpc) is 2.74. The number of amides is 1. The van der Waals surface area contributed by atoms with Gasteiger partial charge in [-0.3, -0.25) is 9.48 Å². The summed E-state index contributed by atoms with van der Waals surface area (Å²) in [6.45, 7) is 6.75. The van der Waals surface area contributed by atoms with Gasteiger partial charge in [0, 0.05) is 19.5 Å². The van der Waals surface area contributed by atoms with E-state index in [-0.39, 0.29) is 5.91 Å². The molecule has 1 heterocycles. The Kier molecular flexibility index (Phi) is 4.62. The summed E-state index contributed by atoms with van der Waals surface area (Å²) >= 11 is 0. The zero-order valence-corrected chi connectivity index (χ0v) is 10.6. The molecule has 1 aromatic heterocycles. The molecule has 0 aliphatic rings. The monoisotopic (exact) mass is 240 g/mol. The van der Waals surface area contributed by atoms with Crippen LogP contribution in [0.1, 0.15) is 27.2 Å². The number of aromatic nitrogens is 3. The first kappa shape index (κ1) is 13.6. The standard InChI is InChI=1S/C11H20N4O2/c1-4-14(7-11(2,3)17)10(16)5-6-15-9-12-8-13-15/h8-9,17H,4-7H2,1-3H3. The Balaban J connectivity index is 2.44. The van der Waals surface area contributed by atoms with Crippen molar-refractivity contribution in [3.05, 3.63) is 12.7 Å². The van der Waals surface area contributed by atoms with Crippen molar-refractivity contribution in [1.29, 1.82) is 0 Å². The molecule has 1 amide bonds. The van der Waals surface area contributed by atoms with Crippen molar-refractivity contribution in [3.8, 4) is 0 Å². The van der Waals surface area contributed by atoms with E-state index in [2.05, 4.69) is 10.1 Å². The van der Waals surface area contributed by atoms with Gasteiger partial charge < -0.3 is 10.0 Å². The first-order chi connectivity index (χ1) is 7.92. The van der Waals surface area contributed by atoms with Crippen LogP contribution in [0.4, 0.5) is 0 Å². The highest BCUT2D eigenvalue weighted by molar-refractivity contribution is 5.76. The fourth-order valence-corrected chi connectivity index (χ4v) is 1.56. The first-order valence-corrected chi connectivity index (χ1v) is 5.75. The fraction of sp³-hybridized carbons (Fsp3) is 0.727. The number of nitrogens with zero attached hydrogens (tertiary/aromatic N) is 4. The Morgan fingerprint density at radius 2 is 2.24 bits per heavy atom. The lowest BCUT2D eigenvalue weighted by Gasteiger charge is -2.28. The molecule has 0 aliphatic heterocycles. The Morgan fingerprint density at radius 3 is 2.71 bits per heavy atom. The smallest absolute Gasteiger partial charge is 0.224 e. The lowest BCUT2D eigenvalue weighted by molar-refractivity contribution is -0.134. The molecule has 1 aromatic rings. The van der Waals surface area contributed by atoms with Crippen LogP contribution in [-0.4, -0.2) is 49.4 Å². The highest BCUT2D eigenvalue weighted by Crippen LogP contribution is 2.06. The maximum Gasteiger partial charge on any atom is 0.224 e. The van der Waals surface area contributed by atoms with E-state index in [1.54, 1.807) is 29.8 Å². The second-order valence-electron chi connectivity index (χ2n) is 4.63. The summed E-state index contributed by atoms with van der Waals surface area (Å²) < 4.78 is 1.62. The number of hydrogen-bond acceptors (Lipinski definition) is 4. The molecular formula is C11H20N4O2. The predicted octanol–water partition coefficient (Wildman–Crippen LogP) is 0.288. The number of aliphatic hydroxyl groups is 1. The van der Waals surface area contributed by atoms with Gasteiger partial charge in [-0.25, -0.2) is 4.98 Å². The van der Waals surface area contributed by atoms with Crippen molar-refractivity contribution >= 4 is 5.91 Å². The molecule has 6 heteroatoms. The van der Waals surface area contributed by atoms with E-state index in [9.17, 15) is 9.90 Å². The lowest BCUT2D eigenvalue weighted by atomic mass is 10.1. The molecule has 0 unspecified atom stereocenters. The first-order valence-electron chi connectivity index (χ1n) is 5.75. The summed E-state index contributed by atoms with van der Waals surface area (Å²) in [6.07, 6.45) is 3.39. The van der Waals surface area contributed by atoms with Crippen LogP contribution < -0.4 is 0 Å². The number of carbonyl (C=O) groups excluding carboxylic acids is 1. The predicted molar refractivity (Wildman–Crippen MR) is 63.2 cm³/mol. The van der Waals surface area contributed by atoms with E-state index in [4.69, 9.17) is 0 Å². The fourth-order valence-electron chi connectivity index (χ4n) is 1.56. The number of likely N-dealkylation sites (N-methyl/N-ethyl adjacent to an activating group) is 1. The molecule has 0 fully saturated rings. The molecule has 6 nitrogen and oxygen atoms in total. The van der Waals surface area contributed by atoms with E-state index in [0.717, 1.165) is 0 Å². The van der Waals surface area contributed by atoms with Crippen LogP contribution in [0.15, 0.2) is 12.7 Å². The van der Waals surface area contributed by atoms with E-state index in [1.807, 2.05) is 6.92 Å². The Labute approximate surface area is 101 Å². The van der Waals surface area contributed by atoms with Crippen LogP contribution in [0.25, 0.3) is 0 Å². The van der Waals surface area contributed by atoms with Gasteiger partial charge in [0.05, 0.1) is 12.1 Å². The largest absolute Gasteiger partial charge is 0.389 e. The van der Waals surface area contributed by atoms with E-state index >= 15 is 0 Å². The average molecular weight is 240 g/mol. The molecule has 0 aliphatic carbocycles. The lowest BCUT2D eigenvalue weighted by Crippen LogP contribution is -2.42. The number of rotatable bonds is 6. The van der Waals surface area contributed by atoms with E-state index < -0.39 is 5.60 Å². The molecule has 0 saturated heterocycles. The Hall–Kier alpha value is -1.43. The van der Waals surface area contributed by atoms with Gasteiger partial charge in [0.2, 0.25) is 5.91 Å². The summed E-state index contributed by atoms with van der Waals surface area (Å²) in [4.78, 5) is 17.4. The summed E-state index contributed by atoms with van der Waals surface area (Å²) in [5.41, 5.74) is -0.862. The zero-order valence-electron chi connectivity index (χ0n) is 10.6. The number of carbonyl (C=O) groups is 1. The quantitative estimate of drug-likeness (QED) is 0.775. The minimum absolute atomic E-state index is 0.0186. The summed E-state index contributed by atoms with van der Waals surface area (Å²) in [5.74, 6) is 0.0186. The molecule has 1 N–H and O–H groups in total. The van der Waals surface area contributed by atoms with Crippen LogP contribution in [0.3, 0.4) is 0 Å². The third-order valence-electron chi connectivity index (χ3n) is 2.33. The third kappa shape index (κ3) is 4.95. The van der Waals surface area contributed by atoms with Gasteiger partial charge in [-0.1, -0.05) is 0 Å². The van der Waals surface area contributed by atoms with Crippen LogP contribution in [0.5, 0.6) is 0 Å². The van der Waals surface area contributed by atoms with Crippen molar-refractivity contribution in [2.45, 2.75) is 39.3 Å². The maximum atomic E-state index is 11.9. The topological polar surface area (TPSA) is 71.2 Å². The van der Waals surface area contributed by atoms with Crippen molar-refractivity contribution in [3.63, 3.8) is 0 Å². The zero-order chi connectivity index (χ0) is 12.9. The van der Waals surface area contributed by atoms with Crippen LogP contribution in [-0.2, 0) is 11.3 Å². The molecule has 0 aromatic carbocycles. The Bertz CT molecular complexity index is 343. The summed E-state index contributed by atoms with van der Waals surface area (Å²) in [6, 6.07) is 0. The van der Waals surface area contributed by atoms with Gasteiger partial charge in [-0.15, -0.1) is 0 Å². The molecule has 0 bridgehead atoms. The Morgan fingerprint density at radius 1 is 1.53 bits per heavy atom. The van der Waals surface area contributed by atoms with Gasteiger partial charge in [0.1, 0.15) is 12.7 Å². The van der Waals surface area contributed by atoms with Gasteiger partial charge in [0.25, 0.3) is 0 Å². The molecule has 0 spiro atoms. The minimum atomic E-state index is -0.862. The van der Waals surface area contributed by atoms with Gasteiger partial charge in [0.15, 0.2) is 0 Å². The number of aryl methyl sites for hydroxylation is 1. The number of hydrogen-bond donors (Lipinski definition) is 1. The second kappa shape index (κ2) is 5.77. The normalized spacial score (nSPS) is 11.5. The van der Waals surface area contributed by atoms with Crippen LogP contribution in [0, 0.1) is 0 Å². The van der Waals surface area contributed by atoms with Crippen LogP contribution in [0.2, 0.25) is 0 Å². The molecule has 1 rings (SSSR count). The third-order valence-corrected chi connectivity index (χ3v) is 2.33. The second-order valence-corrected chi connectivity index (χ2v) is 4.63. The molecule has 0 radical (unpaired) electrons. The highest BCUT2D eigenvalue weighted by Gasteiger charge is 2.20. The highest BCUT2D eigenvalue weighted by atomic mass is 16.3. The van der Waals surface area contributed by atoms with Gasteiger partial charge in [-0.2, -0.15) is 5.10 Å². The van der Waals surface area contributed by atoms with Crippen LogP contribution >= 0.6 is 0 Å². The molecule has 0 saturated carbocycles. The van der Waals surface area contributed by atoms with E-state index in [1.165, 1.54) is 6.33 Å². The molecular weight excluding hydrogens is 220 g/mol. The van der Waals surface area contributed by atoms with E-state index in [0.29, 0.717) is 26.1 Å². The summed E-state index contributed by atoms with van der Waals surface area (Å²) in [5, 5.41) is 13.6. The molecule has 96 valence electrons. The minimum Gasteiger partial charge on any atom is -0.389 e. The molecule has 0 atom stereocenters. The van der Waals surface area contributed by atoms with Crippen molar-refractivity contribution in [1.82, 2.24) is 19.7 Å².